The summed E-state index contributed by atoms with van der Waals surface area (Å²) in [4.78, 5) is 24.5. The number of ether oxygens (including phenoxy) is 1. The number of halogens is 1. The van der Waals surface area contributed by atoms with E-state index in [1.165, 1.54) is 13.3 Å². The van der Waals surface area contributed by atoms with Gasteiger partial charge in [-0.25, -0.2) is 9.18 Å². The Morgan fingerprint density at radius 1 is 1.29 bits per heavy atom. The van der Waals surface area contributed by atoms with Crippen molar-refractivity contribution in [3.63, 3.8) is 0 Å². The van der Waals surface area contributed by atoms with Crippen molar-refractivity contribution >= 4 is 39.1 Å². The lowest BCUT2D eigenvalue weighted by molar-refractivity contribution is 0.0695. The van der Waals surface area contributed by atoms with Gasteiger partial charge in [0.15, 0.2) is 11.6 Å². The lowest BCUT2D eigenvalue weighted by Gasteiger charge is -2.20. The molecule has 5 rings (SSSR count). The lowest BCUT2D eigenvalue weighted by atomic mass is 10.1. The zero-order chi connectivity index (χ0) is 24.0. The number of anilines is 2. The average molecular weight is 464 g/mol. The van der Waals surface area contributed by atoms with E-state index in [-0.39, 0.29) is 28.6 Å². The summed E-state index contributed by atoms with van der Waals surface area (Å²) in [5, 5.41) is 13.6. The summed E-state index contributed by atoms with van der Waals surface area (Å²) in [6.45, 7) is 1.16. The van der Waals surface area contributed by atoms with Gasteiger partial charge in [0.05, 0.1) is 23.7 Å². The van der Waals surface area contributed by atoms with Gasteiger partial charge in [0.25, 0.3) is 0 Å². The number of para-hydroxylation sites is 1. The second-order valence-corrected chi connectivity index (χ2v) is 8.52. The number of nitrogens with one attached hydrogen (secondary N) is 1. The maximum Gasteiger partial charge on any atom is 0.341 e. The molecule has 4 N–H and O–H groups in total. The van der Waals surface area contributed by atoms with Crippen molar-refractivity contribution in [2.75, 3.05) is 24.7 Å². The summed E-state index contributed by atoms with van der Waals surface area (Å²) >= 11 is 0. The number of pyridine rings is 1. The Morgan fingerprint density at radius 2 is 2.06 bits per heavy atom. The van der Waals surface area contributed by atoms with Crippen LogP contribution in [0.1, 0.15) is 35.7 Å². The highest BCUT2D eigenvalue weighted by atomic mass is 19.1. The number of carbonyl (C=O) groups is 1. The van der Waals surface area contributed by atoms with Gasteiger partial charge in [-0.1, -0.05) is 18.2 Å². The molecule has 0 spiro atoms. The van der Waals surface area contributed by atoms with Gasteiger partial charge in [-0.3, -0.25) is 4.79 Å². The summed E-state index contributed by atoms with van der Waals surface area (Å²) in [5.41, 5.74) is 5.95. The van der Waals surface area contributed by atoms with Crippen molar-refractivity contribution in [1.29, 1.82) is 0 Å². The van der Waals surface area contributed by atoms with E-state index in [4.69, 9.17) is 10.5 Å². The number of hydrogen-bond acceptors (Lipinski definition) is 5. The molecule has 0 saturated heterocycles. The van der Waals surface area contributed by atoms with Crippen LogP contribution in [0, 0.1) is 5.82 Å². The van der Waals surface area contributed by atoms with Crippen LogP contribution >= 0.6 is 0 Å². The largest absolute Gasteiger partial charge is 0.492 e. The minimum absolute atomic E-state index is 0.00910. The molecular formula is C25H25FN4O4. The molecule has 1 saturated carbocycles. The maximum absolute atomic E-state index is 15.4. The van der Waals surface area contributed by atoms with Crippen LogP contribution < -0.4 is 21.2 Å². The van der Waals surface area contributed by atoms with Crippen LogP contribution in [0.5, 0.6) is 5.75 Å². The Kier molecular flexibility index (Phi) is 5.39. The molecule has 8 nitrogen and oxygen atoms in total. The number of nitrogens with zero attached hydrogens (tertiary/aromatic N) is 2. The van der Waals surface area contributed by atoms with E-state index in [9.17, 15) is 14.7 Å². The third-order valence-electron chi connectivity index (χ3n) is 6.33. The molecule has 34 heavy (non-hydrogen) atoms. The van der Waals surface area contributed by atoms with Crippen molar-refractivity contribution in [2.45, 2.75) is 31.8 Å². The van der Waals surface area contributed by atoms with E-state index in [2.05, 4.69) is 28.1 Å². The number of methoxy groups -OCH3 is 1. The second kappa shape index (κ2) is 8.40. The van der Waals surface area contributed by atoms with Gasteiger partial charge in [-0.2, -0.15) is 0 Å². The number of aromatic nitrogens is 2. The minimum atomic E-state index is -1.38. The SMILES string of the molecule is COc1c(NCCCn2ccc3ccccc32)c(F)c(N)c2c(=O)c(C(=O)O)cn(C3CC3)c12. The number of carboxylic acid groups (broad SMARTS) is 1. The Balaban J connectivity index is 1.50. The molecule has 2 heterocycles. The van der Waals surface area contributed by atoms with Gasteiger partial charge < -0.3 is 30.0 Å². The highest BCUT2D eigenvalue weighted by Crippen LogP contribution is 2.44. The second-order valence-electron chi connectivity index (χ2n) is 8.52. The highest BCUT2D eigenvalue weighted by Gasteiger charge is 2.31. The number of nitrogen functional groups attached to an aromatic ring is 1. The molecule has 4 aromatic rings. The summed E-state index contributed by atoms with van der Waals surface area (Å²) in [5.74, 6) is -2.05. The standard InChI is InChI=1S/C25H25FN4O4/c1-34-24-21(28-10-4-11-29-12-9-14-5-2-3-6-17(14)29)19(26)20(27)18-22(24)30(15-7-8-15)13-16(23(18)31)25(32)33/h2-3,5-6,9,12-13,15,28H,4,7-8,10-11,27H2,1H3,(H,32,33). The van der Waals surface area contributed by atoms with Crippen molar-refractivity contribution in [3.8, 4) is 5.75 Å². The topological polar surface area (TPSA) is 112 Å². The van der Waals surface area contributed by atoms with Gasteiger partial charge in [0.2, 0.25) is 5.43 Å². The number of rotatable bonds is 8. The molecule has 1 aliphatic carbocycles. The fourth-order valence-corrected chi connectivity index (χ4v) is 4.52. The third kappa shape index (κ3) is 3.53. The fourth-order valence-electron chi connectivity index (χ4n) is 4.52. The van der Waals surface area contributed by atoms with Crippen LogP contribution in [0.25, 0.3) is 21.8 Å². The van der Waals surface area contributed by atoms with E-state index in [0.717, 1.165) is 30.3 Å². The molecular weight excluding hydrogens is 439 g/mol. The molecule has 2 aromatic carbocycles. The Labute approximate surface area is 194 Å². The fraction of sp³-hybridized carbons (Fsp3) is 0.280. The molecule has 0 unspecified atom stereocenters. The van der Waals surface area contributed by atoms with E-state index >= 15 is 4.39 Å². The number of fused-ring (bicyclic) bond motifs is 2. The van der Waals surface area contributed by atoms with Crippen molar-refractivity contribution in [3.05, 3.63) is 64.3 Å². The van der Waals surface area contributed by atoms with Gasteiger partial charge in [-0.15, -0.1) is 0 Å². The third-order valence-corrected chi connectivity index (χ3v) is 6.33. The number of nitrogens with two attached hydrogens (primary N) is 1. The minimum Gasteiger partial charge on any atom is -0.492 e. The number of aryl methyl sites for hydroxylation is 1. The Bertz CT molecular complexity index is 1490. The number of carboxylic acids is 1. The van der Waals surface area contributed by atoms with E-state index in [1.54, 1.807) is 4.57 Å². The van der Waals surface area contributed by atoms with E-state index in [0.29, 0.717) is 18.5 Å². The number of aromatic carboxylic acids is 1. The highest BCUT2D eigenvalue weighted by molar-refractivity contribution is 6.03. The van der Waals surface area contributed by atoms with Gasteiger partial charge in [0.1, 0.15) is 11.3 Å². The molecule has 0 aliphatic heterocycles. The average Bonchev–Trinajstić information content (AvgIpc) is 3.59. The Morgan fingerprint density at radius 3 is 2.76 bits per heavy atom. The predicted molar refractivity (Wildman–Crippen MR) is 129 cm³/mol. The first-order chi connectivity index (χ1) is 16.4. The summed E-state index contributed by atoms with van der Waals surface area (Å²) in [6.07, 6.45) is 5.68. The summed E-state index contributed by atoms with van der Waals surface area (Å²) in [7, 11) is 1.40. The van der Waals surface area contributed by atoms with Crippen molar-refractivity contribution in [2.24, 2.45) is 0 Å². The van der Waals surface area contributed by atoms with Crippen LogP contribution in [-0.2, 0) is 6.54 Å². The smallest absolute Gasteiger partial charge is 0.341 e. The van der Waals surface area contributed by atoms with Crippen molar-refractivity contribution < 1.29 is 19.0 Å². The van der Waals surface area contributed by atoms with Crippen LogP contribution in [0.15, 0.2) is 47.5 Å². The zero-order valence-electron chi connectivity index (χ0n) is 18.7. The first kappa shape index (κ1) is 21.8. The monoisotopic (exact) mass is 464 g/mol. The van der Waals surface area contributed by atoms with Gasteiger partial charge in [0, 0.05) is 37.0 Å². The van der Waals surface area contributed by atoms with Crippen LogP contribution in [0.4, 0.5) is 15.8 Å². The zero-order valence-corrected chi connectivity index (χ0v) is 18.7. The molecule has 0 atom stereocenters. The molecule has 9 heteroatoms. The van der Waals surface area contributed by atoms with Crippen LogP contribution in [0.2, 0.25) is 0 Å². The summed E-state index contributed by atoms with van der Waals surface area (Å²) < 4.78 is 24.8. The Hall–Kier alpha value is -4.01. The molecule has 1 fully saturated rings. The van der Waals surface area contributed by atoms with Gasteiger partial charge in [-0.05, 0) is 36.8 Å². The molecule has 176 valence electrons. The first-order valence-corrected chi connectivity index (χ1v) is 11.2. The number of benzene rings is 2. The van der Waals surface area contributed by atoms with E-state index < -0.39 is 22.8 Å². The van der Waals surface area contributed by atoms with Crippen molar-refractivity contribution in [1.82, 2.24) is 9.13 Å². The quantitative estimate of drug-likeness (QED) is 0.266. The molecule has 2 aromatic heterocycles. The molecule has 0 amide bonds. The summed E-state index contributed by atoms with van der Waals surface area (Å²) in [6, 6.07) is 10.2. The normalized spacial score (nSPS) is 13.5. The maximum atomic E-state index is 15.4. The van der Waals surface area contributed by atoms with Gasteiger partial charge >= 0.3 is 5.97 Å². The predicted octanol–water partition coefficient (Wildman–Crippen LogP) is 4.22. The number of hydrogen-bond donors (Lipinski definition) is 3. The molecule has 0 radical (unpaired) electrons. The van der Waals surface area contributed by atoms with Crippen LogP contribution in [0.3, 0.4) is 0 Å². The van der Waals surface area contributed by atoms with E-state index in [1.807, 2.05) is 18.3 Å². The lowest BCUT2D eigenvalue weighted by Crippen LogP contribution is -2.21. The first-order valence-electron chi connectivity index (χ1n) is 11.2. The molecule has 0 bridgehead atoms. The van der Waals surface area contributed by atoms with Crippen LogP contribution in [-0.4, -0.2) is 33.9 Å². The molecule has 1 aliphatic rings.